The lowest BCUT2D eigenvalue weighted by molar-refractivity contribution is -0.229. The first-order chi connectivity index (χ1) is 21.8. The molecule has 2 unspecified atom stereocenters. The van der Waals surface area contributed by atoms with E-state index in [-0.39, 0.29) is 18.2 Å². The van der Waals surface area contributed by atoms with E-state index in [1.165, 1.54) is 19.1 Å². The van der Waals surface area contributed by atoms with Gasteiger partial charge in [-0.05, 0) is 67.8 Å². The summed E-state index contributed by atoms with van der Waals surface area (Å²) in [5.41, 5.74) is -0.984. The number of nitrogens with zero attached hydrogens (tertiary/aromatic N) is 4. The third kappa shape index (κ3) is 8.23. The molecule has 0 bridgehead atoms. The highest BCUT2D eigenvalue weighted by molar-refractivity contribution is 5.35. The SMILES string of the molecule is COC[C@@H]1CCCN1Cc1n[nH]nc1CCN1CCOC(O[C@H](C)c2cc(C(F)(F)F)cc(C(F)(F)F)c2)C1c1ccc(F)cc1. The predicted octanol–water partition coefficient (Wildman–Crippen LogP) is 6.31. The van der Waals surface area contributed by atoms with Crippen molar-refractivity contribution in [2.45, 2.75) is 69.6 Å². The number of halogens is 7. The molecule has 8 nitrogen and oxygen atoms in total. The summed E-state index contributed by atoms with van der Waals surface area (Å²) in [6, 6.07) is 6.68. The first-order valence-electron chi connectivity index (χ1n) is 15.0. The maximum absolute atomic E-state index is 13.9. The van der Waals surface area contributed by atoms with Gasteiger partial charge in [0, 0.05) is 39.2 Å². The molecule has 2 aliphatic heterocycles. The molecular formula is C31H36F7N5O3. The number of rotatable bonds is 11. The van der Waals surface area contributed by atoms with Gasteiger partial charge in [-0.25, -0.2) is 4.39 Å². The van der Waals surface area contributed by atoms with Crippen LogP contribution in [0.5, 0.6) is 0 Å². The number of benzene rings is 2. The average Bonchev–Trinajstić information content (AvgIpc) is 3.65. The summed E-state index contributed by atoms with van der Waals surface area (Å²) in [7, 11) is 1.68. The van der Waals surface area contributed by atoms with Crippen molar-refractivity contribution < 1.29 is 44.9 Å². The molecule has 2 aliphatic rings. The van der Waals surface area contributed by atoms with Crippen molar-refractivity contribution in [1.29, 1.82) is 0 Å². The molecule has 2 saturated heterocycles. The van der Waals surface area contributed by atoms with Gasteiger partial charge in [0.25, 0.3) is 0 Å². The molecule has 252 valence electrons. The number of alkyl halides is 6. The van der Waals surface area contributed by atoms with Gasteiger partial charge in [0.2, 0.25) is 0 Å². The van der Waals surface area contributed by atoms with Crippen LogP contribution < -0.4 is 0 Å². The molecule has 2 fully saturated rings. The highest BCUT2D eigenvalue weighted by Gasteiger charge is 2.39. The highest BCUT2D eigenvalue weighted by Crippen LogP contribution is 2.39. The number of nitrogens with one attached hydrogen (secondary N) is 1. The third-order valence-corrected chi connectivity index (χ3v) is 8.49. The number of morpholine rings is 1. The number of aromatic amines is 1. The molecule has 0 saturated carbocycles. The lowest BCUT2D eigenvalue weighted by Crippen LogP contribution is -2.47. The maximum Gasteiger partial charge on any atom is 0.416 e. The fourth-order valence-electron chi connectivity index (χ4n) is 6.10. The molecule has 0 amide bonds. The molecule has 0 spiro atoms. The molecular weight excluding hydrogens is 623 g/mol. The van der Waals surface area contributed by atoms with E-state index >= 15 is 0 Å². The van der Waals surface area contributed by atoms with Crippen molar-refractivity contribution >= 4 is 0 Å². The highest BCUT2D eigenvalue weighted by atomic mass is 19.4. The minimum atomic E-state index is -5.00. The van der Waals surface area contributed by atoms with Crippen LogP contribution in [0.25, 0.3) is 0 Å². The Morgan fingerprint density at radius 1 is 0.957 bits per heavy atom. The lowest BCUT2D eigenvalue weighted by Gasteiger charge is -2.42. The topological polar surface area (TPSA) is 75.7 Å². The van der Waals surface area contributed by atoms with Crippen molar-refractivity contribution in [3.63, 3.8) is 0 Å². The number of hydrogen-bond acceptors (Lipinski definition) is 7. The summed E-state index contributed by atoms with van der Waals surface area (Å²) in [5.74, 6) is -0.470. The van der Waals surface area contributed by atoms with Crippen LogP contribution in [0.1, 0.15) is 65.6 Å². The number of ether oxygens (including phenoxy) is 3. The minimum absolute atomic E-state index is 0.0794. The fourth-order valence-corrected chi connectivity index (χ4v) is 6.10. The van der Waals surface area contributed by atoms with Crippen LogP contribution in [0.3, 0.4) is 0 Å². The van der Waals surface area contributed by atoms with Gasteiger partial charge in [-0.1, -0.05) is 12.1 Å². The normalized spacial score (nSPS) is 22.4. The molecule has 1 aromatic heterocycles. The third-order valence-electron chi connectivity index (χ3n) is 8.49. The molecule has 3 aromatic rings. The Balaban J connectivity index is 1.36. The van der Waals surface area contributed by atoms with Crippen LogP contribution in [0.15, 0.2) is 42.5 Å². The van der Waals surface area contributed by atoms with Crippen LogP contribution >= 0.6 is 0 Å². The van der Waals surface area contributed by atoms with Crippen molar-refractivity contribution in [3.8, 4) is 0 Å². The maximum atomic E-state index is 13.9. The quantitative estimate of drug-likeness (QED) is 0.242. The molecule has 5 rings (SSSR count). The van der Waals surface area contributed by atoms with Crippen LogP contribution in [0.2, 0.25) is 0 Å². The number of aromatic nitrogens is 3. The molecule has 4 atom stereocenters. The Morgan fingerprint density at radius 3 is 2.28 bits per heavy atom. The summed E-state index contributed by atoms with van der Waals surface area (Å²) in [4.78, 5) is 4.34. The average molecular weight is 660 g/mol. The van der Waals surface area contributed by atoms with Gasteiger partial charge in [0.15, 0.2) is 6.29 Å². The van der Waals surface area contributed by atoms with Gasteiger partial charge in [0.1, 0.15) is 5.82 Å². The molecule has 1 N–H and O–H groups in total. The Hall–Kier alpha value is -3.11. The second-order valence-electron chi connectivity index (χ2n) is 11.6. The van der Waals surface area contributed by atoms with Gasteiger partial charge in [-0.2, -0.15) is 41.8 Å². The molecule has 0 aliphatic carbocycles. The van der Waals surface area contributed by atoms with Gasteiger partial charge in [-0.15, -0.1) is 0 Å². The van der Waals surface area contributed by atoms with Crippen LogP contribution in [-0.4, -0.2) is 77.5 Å². The van der Waals surface area contributed by atoms with Crippen molar-refractivity contribution in [2.75, 3.05) is 40.0 Å². The molecule has 2 aromatic carbocycles. The van der Waals surface area contributed by atoms with Gasteiger partial charge >= 0.3 is 12.4 Å². The van der Waals surface area contributed by atoms with E-state index in [2.05, 4.69) is 20.3 Å². The summed E-state index contributed by atoms with van der Waals surface area (Å²) in [6.45, 7) is 4.59. The Bertz CT molecular complexity index is 1400. The molecule has 15 heteroatoms. The fraction of sp³-hybridized carbons (Fsp3) is 0.548. The molecule has 46 heavy (non-hydrogen) atoms. The van der Waals surface area contributed by atoms with Gasteiger partial charge in [-0.3, -0.25) is 9.80 Å². The van der Waals surface area contributed by atoms with Gasteiger partial charge in [0.05, 0.1) is 47.9 Å². The number of methoxy groups -OCH3 is 1. The largest absolute Gasteiger partial charge is 0.416 e. The van der Waals surface area contributed by atoms with Crippen LogP contribution in [0.4, 0.5) is 30.7 Å². The van der Waals surface area contributed by atoms with E-state index in [0.29, 0.717) is 56.4 Å². The smallest absolute Gasteiger partial charge is 0.383 e. The van der Waals surface area contributed by atoms with Crippen molar-refractivity contribution in [2.24, 2.45) is 0 Å². The second kappa shape index (κ2) is 14.3. The molecule has 0 radical (unpaired) electrons. The first-order valence-corrected chi connectivity index (χ1v) is 15.0. The predicted molar refractivity (Wildman–Crippen MR) is 152 cm³/mol. The Morgan fingerprint density at radius 2 is 1.63 bits per heavy atom. The lowest BCUT2D eigenvalue weighted by atomic mass is 10.0. The van der Waals surface area contributed by atoms with E-state index in [1.807, 2.05) is 4.90 Å². The van der Waals surface area contributed by atoms with E-state index in [1.54, 1.807) is 19.2 Å². The van der Waals surface area contributed by atoms with Gasteiger partial charge < -0.3 is 14.2 Å². The van der Waals surface area contributed by atoms with Crippen LogP contribution in [-0.2, 0) is 39.5 Å². The number of H-pyrrole nitrogens is 1. The summed E-state index contributed by atoms with van der Waals surface area (Å²) in [5, 5.41) is 11.5. The van der Waals surface area contributed by atoms with Crippen molar-refractivity contribution in [1.82, 2.24) is 25.2 Å². The van der Waals surface area contributed by atoms with E-state index in [4.69, 9.17) is 14.2 Å². The van der Waals surface area contributed by atoms with E-state index in [9.17, 15) is 30.7 Å². The monoisotopic (exact) mass is 659 g/mol. The van der Waals surface area contributed by atoms with E-state index in [0.717, 1.165) is 30.8 Å². The minimum Gasteiger partial charge on any atom is -0.383 e. The number of hydrogen-bond donors (Lipinski definition) is 1. The zero-order chi connectivity index (χ0) is 33.1. The molecule has 3 heterocycles. The summed E-state index contributed by atoms with van der Waals surface area (Å²) >= 11 is 0. The Kier molecular flexibility index (Phi) is 10.7. The number of likely N-dealkylation sites (tertiary alicyclic amines) is 1. The van der Waals surface area contributed by atoms with E-state index < -0.39 is 47.7 Å². The summed E-state index contributed by atoms with van der Waals surface area (Å²) < 4.78 is 112. The summed E-state index contributed by atoms with van der Waals surface area (Å²) in [6.07, 6.45) is -9.71. The Labute approximate surface area is 261 Å². The standard InChI is InChI=1S/C31H36F7N5O3/c1-19(21-14-22(30(33,34)35)16-23(15-21)31(36,37)38)46-29-28(20-5-7-24(32)8-6-20)42(12-13-45-29)11-9-26-27(40-41-39-26)17-43-10-3-4-25(43)18-44-2/h5-8,14-16,19,25,28-29H,3-4,9-13,17-18H2,1-2H3,(H,39,40,41)/t19-,25+,28?,29?/m1/s1. The zero-order valence-corrected chi connectivity index (χ0v) is 25.4. The zero-order valence-electron chi connectivity index (χ0n) is 25.4. The first kappa shape index (κ1) is 34.2. The van der Waals surface area contributed by atoms with Crippen LogP contribution in [0, 0.1) is 5.82 Å². The second-order valence-corrected chi connectivity index (χ2v) is 11.6. The van der Waals surface area contributed by atoms with Crippen molar-refractivity contribution in [3.05, 3.63) is 81.9 Å².